The van der Waals surface area contributed by atoms with Crippen LogP contribution in [0.1, 0.15) is 24.4 Å². The average Bonchev–Trinajstić information content (AvgIpc) is 2.73. The fourth-order valence-electron chi connectivity index (χ4n) is 3.26. The Balaban J connectivity index is 1.50. The van der Waals surface area contributed by atoms with Gasteiger partial charge in [-0.15, -0.1) is 0 Å². The van der Waals surface area contributed by atoms with Crippen molar-refractivity contribution < 1.29 is 4.74 Å². The number of benzene rings is 1. The molecule has 0 aliphatic rings. The van der Waals surface area contributed by atoms with Crippen LogP contribution in [0.5, 0.6) is 5.75 Å². The van der Waals surface area contributed by atoms with E-state index in [1.54, 1.807) is 17.7 Å². The van der Waals surface area contributed by atoms with E-state index in [9.17, 15) is 4.79 Å². The molecule has 1 aromatic carbocycles. The number of pyridine rings is 2. The highest BCUT2D eigenvalue weighted by molar-refractivity contribution is 5.80. The molecule has 2 aromatic heterocycles. The lowest BCUT2D eigenvalue weighted by atomic mass is 10.1. The summed E-state index contributed by atoms with van der Waals surface area (Å²) in [5.74, 6) is 0.826. The molecule has 0 radical (unpaired) electrons. The number of nitrogens with one attached hydrogen (secondary N) is 2. The van der Waals surface area contributed by atoms with Gasteiger partial charge in [0.1, 0.15) is 5.75 Å². The van der Waals surface area contributed by atoms with Gasteiger partial charge < -0.3 is 19.9 Å². The first kappa shape index (κ1) is 20.0. The van der Waals surface area contributed by atoms with E-state index in [-0.39, 0.29) is 5.56 Å². The molecule has 0 aliphatic carbocycles. The van der Waals surface area contributed by atoms with Gasteiger partial charge in [-0.2, -0.15) is 0 Å². The molecule has 0 fully saturated rings. The van der Waals surface area contributed by atoms with Crippen LogP contribution in [0.2, 0.25) is 0 Å². The molecule has 2 N–H and O–H groups in total. The fourth-order valence-corrected chi connectivity index (χ4v) is 3.26. The quantitative estimate of drug-likeness (QED) is 0.529. The van der Waals surface area contributed by atoms with E-state index in [1.807, 2.05) is 43.7 Å². The lowest BCUT2D eigenvalue weighted by molar-refractivity contribution is 0.304. The molecular formula is C22H28N4O2. The van der Waals surface area contributed by atoms with Gasteiger partial charge in [-0.1, -0.05) is 0 Å². The molecule has 0 amide bonds. The maximum atomic E-state index is 11.7. The standard InChI is InChI=1S/C22H28N4O2/c1-23-12-10-20(17-8-13-24-14-9-17)25-11-3-15-28-19-5-6-21-18(16-19)4-7-22(27)26(21)2/h4-9,13-14,16,20,23,25H,3,10-12,15H2,1-2H3. The smallest absolute Gasteiger partial charge is 0.250 e. The van der Waals surface area contributed by atoms with E-state index in [2.05, 4.69) is 27.8 Å². The molecule has 0 bridgehead atoms. The van der Waals surface area contributed by atoms with Crippen LogP contribution < -0.4 is 20.9 Å². The maximum absolute atomic E-state index is 11.7. The molecule has 6 heteroatoms. The number of ether oxygens (including phenoxy) is 1. The third-order valence-corrected chi connectivity index (χ3v) is 4.87. The predicted molar refractivity (Wildman–Crippen MR) is 113 cm³/mol. The Labute approximate surface area is 165 Å². The van der Waals surface area contributed by atoms with Crippen molar-refractivity contribution in [2.45, 2.75) is 18.9 Å². The van der Waals surface area contributed by atoms with Crippen molar-refractivity contribution in [1.82, 2.24) is 20.2 Å². The summed E-state index contributed by atoms with van der Waals surface area (Å²) in [7, 11) is 3.75. The minimum Gasteiger partial charge on any atom is -0.494 e. The molecule has 1 unspecified atom stereocenters. The number of rotatable bonds is 10. The first-order valence-electron chi connectivity index (χ1n) is 9.69. The molecule has 6 nitrogen and oxygen atoms in total. The summed E-state index contributed by atoms with van der Waals surface area (Å²) in [6.45, 7) is 2.47. The Kier molecular flexibility index (Phi) is 7.17. The van der Waals surface area contributed by atoms with Gasteiger partial charge in [-0.05, 0) is 74.9 Å². The Morgan fingerprint density at radius 1 is 1.11 bits per heavy atom. The van der Waals surface area contributed by atoms with Crippen LogP contribution in [0, 0.1) is 0 Å². The zero-order valence-electron chi connectivity index (χ0n) is 16.5. The number of aromatic nitrogens is 2. The number of hydrogen-bond acceptors (Lipinski definition) is 5. The summed E-state index contributed by atoms with van der Waals surface area (Å²) in [5.41, 5.74) is 2.16. The van der Waals surface area contributed by atoms with Crippen LogP contribution in [0.25, 0.3) is 10.9 Å². The van der Waals surface area contributed by atoms with Crippen LogP contribution in [0.4, 0.5) is 0 Å². The topological polar surface area (TPSA) is 68.2 Å². The molecule has 28 heavy (non-hydrogen) atoms. The van der Waals surface area contributed by atoms with Gasteiger partial charge in [0.15, 0.2) is 0 Å². The third-order valence-electron chi connectivity index (χ3n) is 4.87. The second-order valence-electron chi connectivity index (χ2n) is 6.83. The van der Waals surface area contributed by atoms with E-state index in [0.29, 0.717) is 12.6 Å². The summed E-state index contributed by atoms with van der Waals surface area (Å²) < 4.78 is 7.55. The molecule has 0 spiro atoms. The second kappa shape index (κ2) is 10.0. The fraction of sp³-hybridized carbons (Fsp3) is 0.364. The van der Waals surface area contributed by atoms with Crippen molar-refractivity contribution in [3.05, 3.63) is 70.8 Å². The van der Waals surface area contributed by atoms with Gasteiger partial charge in [0.25, 0.3) is 5.56 Å². The number of nitrogens with zero attached hydrogens (tertiary/aromatic N) is 2. The molecule has 1 atom stereocenters. The van der Waals surface area contributed by atoms with E-state index in [0.717, 1.165) is 42.6 Å². The molecule has 148 valence electrons. The average molecular weight is 380 g/mol. The van der Waals surface area contributed by atoms with Crippen molar-refractivity contribution in [3.8, 4) is 5.75 Å². The zero-order chi connectivity index (χ0) is 19.8. The van der Waals surface area contributed by atoms with Crippen LogP contribution in [0.15, 0.2) is 59.7 Å². The Morgan fingerprint density at radius 3 is 2.71 bits per heavy atom. The van der Waals surface area contributed by atoms with Crippen molar-refractivity contribution >= 4 is 10.9 Å². The van der Waals surface area contributed by atoms with Gasteiger partial charge in [0.05, 0.1) is 12.1 Å². The van der Waals surface area contributed by atoms with Crippen molar-refractivity contribution in [2.75, 3.05) is 26.7 Å². The van der Waals surface area contributed by atoms with Gasteiger partial charge in [-0.25, -0.2) is 0 Å². The van der Waals surface area contributed by atoms with Gasteiger partial charge >= 0.3 is 0 Å². The molecule has 0 aliphatic heterocycles. The lowest BCUT2D eigenvalue weighted by Crippen LogP contribution is -2.26. The van der Waals surface area contributed by atoms with Crippen molar-refractivity contribution in [2.24, 2.45) is 7.05 Å². The first-order chi connectivity index (χ1) is 13.7. The van der Waals surface area contributed by atoms with Crippen molar-refractivity contribution in [3.63, 3.8) is 0 Å². The summed E-state index contributed by atoms with van der Waals surface area (Å²) in [5, 5.41) is 7.83. The highest BCUT2D eigenvalue weighted by atomic mass is 16.5. The highest BCUT2D eigenvalue weighted by Gasteiger charge is 2.10. The molecule has 0 saturated heterocycles. The summed E-state index contributed by atoms with van der Waals surface area (Å²) in [6, 6.07) is 13.7. The van der Waals surface area contributed by atoms with Crippen LogP contribution in [-0.4, -0.2) is 36.3 Å². The molecular weight excluding hydrogens is 352 g/mol. The third kappa shape index (κ3) is 5.18. The number of aryl methyl sites for hydroxylation is 1. The minimum atomic E-state index is -0.00531. The summed E-state index contributed by atoms with van der Waals surface area (Å²) in [4.78, 5) is 15.8. The van der Waals surface area contributed by atoms with E-state index in [4.69, 9.17) is 4.74 Å². The van der Waals surface area contributed by atoms with Gasteiger partial charge in [0.2, 0.25) is 0 Å². The number of hydrogen-bond donors (Lipinski definition) is 2. The molecule has 3 rings (SSSR count). The van der Waals surface area contributed by atoms with E-state index < -0.39 is 0 Å². The van der Waals surface area contributed by atoms with Gasteiger partial charge in [-0.3, -0.25) is 9.78 Å². The Bertz CT molecular complexity index is 940. The number of fused-ring (bicyclic) bond motifs is 1. The van der Waals surface area contributed by atoms with Crippen LogP contribution in [-0.2, 0) is 7.05 Å². The minimum absolute atomic E-state index is 0.00531. The van der Waals surface area contributed by atoms with Crippen LogP contribution >= 0.6 is 0 Å². The molecule has 0 saturated carbocycles. The zero-order valence-corrected chi connectivity index (χ0v) is 16.5. The Hall–Kier alpha value is -2.70. The maximum Gasteiger partial charge on any atom is 0.250 e. The highest BCUT2D eigenvalue weighted by Crippen LogP contribution is 2.19. The van der Waals surface area contributed by atoms with Crippen LogP contribution in [0.3, 0.4) is 0 Å². The van der Waals surface area contributed by atoms with E-state index >= 15 is 0 Å². The first-order valence-corrected chi connectivity index (χ1v) is 9.69. The molecule has 2 heterocycles. The summed E-state index contributed by atoms with van der Waals surface area (Å²) in [6.07, 6.45) is 5.60. The predicted octanol–water partition coefficient (Wildman–Crippen LogP) is 2.64. The second-order valence-corrected chi connectivity index (χ2v) is 6.83. The SMILES string of the molecule is CNCCC(NCCCOc1ccc2c(ccc(=O)n2C)c1)c1ccncc1. The van der Waals surface area contributed by atoms with Gasteiger partial charge in [0, 0.05) is 36.9 Å². The normalized spacial score (nSPS) is 12.2. The van der Waals surface area contributed by atoms with E-state index in [1.165, 1.54) is 5.56 Å². The largest absolute Gasteiger partial charge is 0.494 e. The van der Waals surface area contributed by atoms with Crippen molar-refractivity contribution in [1.29, 1.82) is 0 Å². The summed E-state index contributed by atoms with van der Waals surface area (Å²) >= 11 is 0. The molecule has 3 aromatic rings. The lowest BCUT2D eigenvalue weighted by Gasteiger charge is -2.19. The monoisotopic (exact) mass is 380 g/mol. The Morgan fingerprint density at radius 2 is 1.93 bits per heavy atom.